The molecule has 0 atom stereocenters. The summed E-state index contributed by atoms with van der Waals surface area (Å²) in [6.45, 7) is 4.49. The van der Waals surface area contributed by atoms with Gasteiger partial charge in [0.2, 0.25) is 10.0 Å². The van der Waals surface area contributed by atoms with Crippen molar-refractivity contribution in [1.29, 1.82) is 0 Å². The third kappa shape index (κ3) is 4.43. The van der Waals surface area contributed by atoms with Crippen LogP contribution in [0.15, 0.2) is 5.38 Å². The fourth-order valence-corrected chi connectivity index (χ4v) is 4.15. The standard InChI is InChI=1S/C12H21N3O2S2/c1-2-9-19(16,17)13-6-5-11-10-18-12(14-11)15-7-3-4-8-15/h10,13H,2-9H2,1H3. The van der Waals surface area contributed by atoms with E-state index >= 15 is 0 Å². The van der Waals surface area contributed by atoms with Crippen molar-refractivity contribution in [2.24, 2.45) is 0 Å². The first kappa shape index (κ1) is 14.7. The molecule has 2 heterocycles. The molecule has 1 aliphatic heterocycles. The van der Waals surface area contributed by atoms with Crippen LogP contribution in [0.4, 0.5) is 5.13 Å². The second kappa shape index (κ2) is 6.67. The molecule has 0 amide bonds. The fourth-order valence-electron chi connectivity index (χ4n) is 2.14. The number of hydrogen-bond donors (Lipinski definition) is 1. The first-order valence-electron chi connectivity index (χ1n) is 6.77. The Morgan fingerprint density at radius 3 is 2.84 bits per heavy atom. The Bertz CT molecular complexity index is 493. The van der Waals surface area contributed by atoms with Crippen LogP contribution in [0.1, 0.15) is 31.9 Å². The monoisotopic (exact) mass is 303 g/mol. The van der Waals surface area contributed by atoms with Gasteiger partial charge in [0.1, 0.15) is 0 Å². The lowest BCUT2D eigenvalue weighted by atomic mass is 10.3. The molecule has 0 radical (unpaired) electrons. The first-order chi connectivity index (χ1) is 9.11. The number of thiazole rings is 1. The van der Waals surface area contributed by atoms with Crippen molar-refractivity contribution in [1.82, 2.24) is 9.71 Å². The van der Waals surface area contributed by atoms with E-state index in [1.54, 1.807) is 11.3 Å². The highest BCUT2D eigenvalue weighted by molar-refractivity contribution is 7.89. The normalized spacial score (nSPS) is 16.2. The zero-order valence-corrected chi connectivity index (χ0v) is 12.9. The largest absolute Gasteiger partial charge is 0.348 e. The van der Waals surface area contributed by atoms with Gasteiger partial charge in [-0.3, -0.25) is 0 Å². The Balaban J connectivity index is 1.80. The predicted octanol–water partition coefficient (Wildman–Crippen LogP) is 1.62. The van der Waals surface area contributed by atoms with E-state index in [1.807, 2.05) is 12.3 Å². The molecule has 5 nitrogen and oxygen atoms in total. The van der Waals surface area contributed by atoms with Gasteiger partial charge in [0.25, 0.3) is 0 Å². The summed E-state index contributed by atoms with van der Waals surface area (Å²) in [6.07, 6.45) is 3.79. The van der Waals surface area contributed by atoms with Crippen LogP contribution in [0.5, 0.6) is 0 Å². The molecule has 0 aliphatic carbocycles. The minimum atomic E-state index is -3.10. The molecular weight excluding hydrogens is 282 g/mol. The molecule has 19 heavy (non-hydrogen) atoms. The Labute approximate surface area is 119 Å². The summed E-state index contributed by atoms with van der Waals surface area (Å²) in [6, 6.07) is 0. The number of rotatable bonds is 7. The Morgan fingerprint density at radius 2 is 2.16 bits per heavy atom. The van der Waals surface area contributed by atoms with E-state index in [0.717, 1.165) is 23.9 Å². The molecule has 0 aromatic carbocycles. The summed E-state index contributed by atoms with van der Waals surface area (Å²) in [5.41, 5.74) is 0.978. The average molecular weight is 303 g/mol. The number of anilines is 1. The molecule has 1 aromatic rings. The predicted molar refractivity (Wildman–Crippen MR) is 79.3 cm³/mol. The van der Waals surface area contributed by atoms with Crippen LogP contribution < -0.4 is 9.62 Å². The van der Waals surface area contributed by atoms with Gasteiger partial charge >= 0.3 is 0 Å². The Kier molecular flexibility index (Phi) is 5.18. The third-order valence-electron chi connectivity index (χ3n) is 3.09. The average Bonchev–Trinajstić information content (AvgIpc) is 2.98. The summed E-state index contributed by atoms with van der Waals surface area (Å²) < 4.78 is 25.6. The van der Waals surface area contributed by atoms with Gasteiger partial charge in [-0.15, -0.1) is 11.3 Å². The van der Waals surface area contributed by atoms with Crippen molar-refractivity contribution in [2.45, 2.75) is 32.6 Å². The molecule has 1 aromatic heterocycles. The van der Waals surface area contributed by atoms with E-state index in [2.05, 4.69) is 14.6 Å². The van der Waals surface area contributed by atoms with Crippen molar-refractivity contribution in [2.75, 3.05) is 30.3 Å². The van der Waals surface area contributed by atoms with Crippen LogP contribution in [-0.2, 0) is 16.4 Å². The summed E-state index contributed by atoms with van der Waals surface area (Å²) in [7, 11) is -3.10. The number of aromatic nitrogens is 1. The number of sulfonamides is 1. The van der Waals surface area contributed by atoms with Crippen molar-refractivity contribution in [3.05, 3.63) is 11.1 Å². The number of nitrogens with one attached hydrogen (secondary N) is 1. The maximum absolute atomic E-state index is 11.5. The molecule has 1 saturated heterocycles. The Morgan fingerprint density at radius 1 is 1.42 bits per heavy atom. The van der Waals surface area contributed by atoms with Gasteiger partial charge in [-0.05, 0) is 19.3 Å². The van der Waals surface area contributed by atoms with Crippen molar-refractivity contribution in [3.63, 3.8) is 0 Å². The molecular formula is C12H21N3O2S2. The van der Waals surface area contributed by atoms with Gasteiger partial charge < -0.3 is 4.90 Å². The number of hydrogen-bond acceptors (Lipinski definition) is 5. The minimum absolute atomic E-state index is 0.198. The van der Waals surface area contributed by atoms with Crippen LogP contribution in [-0.4, -0.2) is 38.8 Å². The first-order valence-corrected chi connectivity index (χ1v) is 9.30. The van der Waals surface area contributed by atoms with E-state index in [9.17, 15) is 8.42 Å². The summed E-state index contributed by atoms with van der Waals surface area (Å²) in [4.78, 5) is 6.87. The molecule has 0 saturated carbocycles. The molecule has 1 fully saturated rings. The molecule has 1 aliphatic rings. The van der Waals surface area contributed by atoms with Crippen molar-refractivity contribution in [3.8, 4) is 0 Å². The smallest absolute Gasteiger partial charge is 0.211 e. The van der Waals surface area contributed by atoms with Crippen LogP contribution in [0.3, 0.4) is 0 Å². The molecule has 0 bridgehead atoms. The second-order valence-electron chi connectivity index (χ2n) is 4.78. The summed E-state index contributed by atoms with van der Waals surface area (Å²) in [5.74, 6) is 0.198. The lowest BCUT2D eigenvalue weighted by molar-refractivity contribution is 0.580. The van der Waals surface area contributed by atoms with Crippen molar-refractivity contribution < 1.29 is 8.42 Å². The fraction of sp³-hybridized carbons (Fsp3) is 0.750. The van der Waals surface area contributed by atoms with E-state index in [4.69, 9.17) is 0 Å². The van der Waals surface area contributed by atoms with Gasteiger partial charge in [-0.1, -0.05) is 6.92 Å². The lowest BCUT2D eigenvalue weighted by Gasteiger charge is -2.12. The molecule has 1 N–H and O–H groups in total. The maximum Gasteiger partial charge on any atom is 0.211 e. The molecule has 7 heteroatoms. The summed E-state index contributed by atoms with van der Waals surface area (Å²) >= 11 is 1.65. The van der Waals surface area contributed by atoms with Crippen LogP contribution in [0.2, 0.25) is 0 Å². The van der Waals surface area contributed by atoms with Crippen LogP contribution in [0, 0.1) is 0 Å². The minimum Gasteiger partial charge on any atom is -0.348 e. The molecule has 0 unspecified atom stereocenters. The SMILES string of the molecule is CCCS(=O)(=O)NCCc1csc(N2CCCC2)n1. The molecule has 2 rings (SSSR count). The lowest BCUT2D eigenvalue weighted by Crippen LogP contribution is -2.28. The van der Waals surface area contributed by atoms with E-state index in [-0.39, 0.29) is 5.75 Å². The highest BCUT2D eigenvalue weighted by Gasteiger charge is 2.15. The second-order valence-corrected chi connectivity index (χ2v) is 7.54. The van der Waals surface area contributed by atoms with Gasteiger partial charge in [0.15, 0.2) is 5.13 Å². The van der Waals surface area contributed by atoms with Crippen molar-refractivity contribution >= 4 is 26.5 Å². The van der Waals surface area contributed by atoms with Crippen LogP contribution >= 0.6 is 11.3 Å². The zero-order chi connectivity index (χ0) is 13.7. The van der Waals surface area contributed by atoms with E-state index in [0.29, 0.717) is 19.4 Å². The highest BCUT2D eigenvalue weighted by Crippen LogP contribution is 2.24. The highest BCUT2D eigenvalue weighted by atomic mass is 32.2. The maximum atomic E-state index is 11.5. The Hall–Kier alpha value is -0.660. The molecule has 0 spiro atoms. The van der Waals surface area contributed by atoms with E-state index < -0.39 is 10.0 Å². The third-order valence-corrected chi connectivity index (χ3v) is 5.63. The number of nitrogens with zero attached hydrogens (tertiary/aromatic N) is 2. The topological polar surface area (TPSA) is 62.3 Å². The quantitative estimate of drug-likeness (QED) is 0.831. The molecule has 108 valence electrons. The van der Waals surface area contributed by atoms with Gasteiger partial charge in [-0.25, -0.2) is 18.1 Å². The van der Waals surface area contributed by atoms with E-state index in [1.165, 1.54) is 12.8 Å². The van der Waals surface area contributed by atoms with Crippen LogP contribution in [0.25, 0.3) is 0 Å². The van der Waals surface area contributed by atoms with Gasteiger partial charge in [0.05, 0.1) is 11.4 Å². The zero-order valence-electron chi connectivity index (χ0n) is 11.3. The summed E-state index contributed by atoms with van der Waals surface area (Å²) in [5, 5.41) is 3.10. The van der Waals surface area contributed by atoms with Gasteiger partial charge in [-0.2, -0.15) is 0 Å². The van der Waals surface area contributed by atoms with Gasteiger partial charge in [0, 0.05) is 31.4 Å².